The molecule has 4 nitrogen and oxygen atoms in total. The highest BCUT2D eigenvalue weighted by Gasteiger charge is 2.54. The molecular weight excluding hydrogens is 274 g/mol. The maximum absolute atomic E-state index is 11.5. The van der Waals surface area contributed by atoms with Gasteiger partial charge in [-0.3, -0.25) is 0 Å². The van der Waals surface area contributed by atoms with Crippen LogP contribution in [0.25, 0.3) is 0 Å². The molecule has 2 rings (SSSR count). The van der Waals surface area contributed by atoms with Gasteiger partial charge in [-0.1, -0.05) is 6.07 Å². The van der Waals surface area contributed by atoms with Crippen molar-refractivity contribution in [2.75, 3.05) is 12.8 Å². The first kappa shape index (κ1) is 11.3. The Kier molecular flexibility index (Phi) is 2.80. The molecule has 16 heavy (non-hydrogen) atoms. The van der Waals surface area contributed by atoms with Gasteiger partial charge in [-0.2, -0.15) is 0 Å². The number of ether oxygens (including phenoxy) is 2. The van der Waals surface area contributed by atoms with Crippen molar-refractivity contribution in [1.82, 2.24) is 0 Å². The number of carbonyl (C=O) groups excluding carboxylic acids is 1. The number of hydrogen-bond acceptors (Lipinski definition) is 4. The van der Waals surface area contributed by atoms with Crippen LogP contribution in [0.15, 0.2) is 22.7 Å². The molecule has 1 aromatic rings. The molecule has 5 heteroatoms. The lowest BCUT2D eigenvalue weighted by atomic mass is 10.3. The lowest BCUT2D eigenvalue weighted by Crippen LogP contribution is -2.31. The Morgan fingerprint density at radius 1 is 1.50 bits per heavy atom. The number of nitrogens with two attached hydrogens (primary N) is 1. The van der Waals surface area contributed by atoms with E-state index in [2.05, 4.69) is 15.9 Å². The van der Waals surface area contributed by atoms with Crippen molar-refractivity contribution in [3.63, 3.8) is 0 Å². The van der Waals surface area contributed by atoms with Gasteiger partial charge in [0.05, 0.1) is 17.3 Å². The molecule has 1 saturated carbocycles. The summed E-state index contributed by atoms with van der Waals surface area (Å²) >= 11 is 3.34. The summed E-state index contributed by atoms with van der Waals surface area (Å²) in [6.45, 7) is 0. The summed E-state index contributed by atoms with van der Waals surface area (Å²) in [5.74, 6) is 0.160. The zero-order chi connectivity index (χ0) is 11.8. The lowest BCUT2D eigenvalue weighted by Gasteiger charge is -2.17. The van der Waals surface area contributed by atoms with E-state index in [1.165, 1.54) is 7.11 Å². The van der Waals surface area contributed by atoms with Crippen LogP contribution >= 0.6 is 15.9 Å². The van der Waals surface area contributed by atoms with Crippen molar-refractivity contribution in [2.45, 2.75) is 18.4 Å². The Morgan fingerprint density at radius 2 is 2.19 bits per heavy atom. The van der Waals surface area contributed by atoms with Crippen LogP contribution in [0.5, 0.6) is 5.75 Å². The SMILES string of the molecule is COC(=O)C1(Oc2c(N)cccc2Br)CC1. The predicted molar refractivity (Wildman–Crippen MR) is 63.2 cm³/mol. The number of methoxy groups -OCH3 is 1. The standard InChI is InChI=1S/C11H12BrNO3/c1-15-10(14)11(5-6-11)16-9-7(12)3-2-4-8(9)13/h2-4H,5-6,13H2,1H3. The van der Waals surface area contributed by atoms with Gasteiger partial charge >= 0.3 is 5.97 Å². The third-order valence-corrected chi connectivity index (χ3v) is 3.18. The second kappa shape index (κ2) is 3.97. The van der Waals surface area contributed by atoms with Gasteiger partial charge in [0.2, 0.25) is 5.60 Å². The fraction of sp³-hybridized carbons (Fsp3) is 0.364. The largest absolute Gasteiger partial charge is 0.472 e. The molecule has 0 saturated heterocycles. The first-order valence-electron chi connectivity index (χ1n) is 4.90. The Morgan fingerprint density at radius 3 is 2.69 bits per heavy atom. The van der Waals surface area contributed by atoms with Gasteiger partial charge in [-0.15, -0.1) is 0 Å². The van der Waals surface area contributed by atoms with E-state index in [0.29, 0.717) is 24.3 Å². The van der Waals surface area contributed by atoms with E-state index in [0.717, 1.165) is 4.47 Å². The van der Waals surface area contributed by atoms with Crippen LogP contribution in [0.2, 0.25) is 0 Å². The van der Waals surface area contributed by atoms with Crippen LogP contribution in [0.4, 0.5) is 5.69 Å². The van der Waals surface area contributed by atoms with Crippen LogP contribution < -0.4 is 10.5 Å². The molecule has 2 N–H and O–H groups in total. The highest BCUT2D eigenvalue weighted by molar-refractivity contribution is 9.10. The van der Waals surface area contributed by atoms with Crippen LogP contribution in [0.1, 0.15) is 12.8 Å². The van der Waals surface area contributed by atoms with Crippen LogP contribution in [-0.4, -0.2) is 18.7 Å². The Balaban J connectivity index is 2.25. The van der Waals surface area contributed by atoms with E-state index < -0.39 is 5.60 Å². The molecular formula is C11H12BrNO3. The molecule has 1 aliphatic rings. The van der Waals surface area contributed by atoms with Gasteiger partial charge in [0.15, 0.2) is 5.75 Å². The molecule has 0 heterocycles. The third kappa shape index (κ3) is 1.87. The average molecular weight is 286 g/mol. The van der Waals surface area contributed by atoms with Crippen molar-refractivity contribution in [2.24, 2.45) is 0 Å². The Bertz CT molecular complexity index is 409. The summed E-state index contributed by atoms with van der Waals surface area (Å²) in [6, 6.07) is 5.36. The highest BCUT2D eigenvalue weighted by atomic mass is 79.9. The Labute approximate surface area is 102 Å². The monoisotopic (exact) mass is 285 g/mol. The third-order valence-electron chi connectivity index (χ3n) is 2.56. The number of esters is 1. The summed E-state index contributed by atoms with van der Waals surface area (Å²) in [4.78, 5) is 11.5. The summed E-state index contributed by atoms with van der Waals surface area (Å²) in [5, 5.41) is 0. The summed E-state index contributed by atoms with van der Waals surface area (Å²) in [6.07, 6.45) is 1.33. The molecule has 0 atom stereocenters. The molecule has 86 valence electrons. The topological polar surface area (TPSA) is 61.5 Å². The maximum atomic E-state index is 11.5. The van der Waals surface area contributed by atoms with E-state index in [4.69, 9.17) is 15.2 Å². The maximum Gasteiger partial charge on any atom is 0.350 e. The molecule has 1 fully saturated rings. The quantitative estimate of drug-likeness (QED) is 0.683. The second-order valence-corrected chi connectivity index (χ2v) is 4.60. The number of hydrogen-bond donors (Lipinski definition) is 1. The number of nitrogen functional groups attached to an aromatic ring is 1. The highest BCUT2D eigenvalue weighted by Crippen LogP contribution is 2.44. The minimum atomic E-state index is -0.827. The van der Waals surface area contributed by atoms with Gasteiger partial charge < -0.3 is 15.2 Å². The fourth-order valence-electron chi connectivity index (χ4n) is 1.48. The molecule has 1 aliphatic carbocycles. The smallest absolute Gasteiger partial charge is 0.350 e. The summed E-state index contributed by atoms with van der Waals surface area (Å²) in [5.41, 5.74) is 5.47. The molecule has 0 aromatic heterocycles. The van der Waals surface area contributed by atoms with E-state index in [1.54, 1.807) is 6.07 Å². The molecule has 0 spiro atoms. The summed E-state index contributed by atoms with van der Waals surface area (Å²) in [7, 11) is 1.36. The first-order chi connectivity index (χ1) is 7.59. The van der Waals surface area contributed by atoms with E-state index in [9.17, 15) is 4.79 Å². The zero-order valence-corrected chi connectivity index (χ0v) is 10.4. The Hall–Kier alpha value is -1.23. The van der Waals surface area contributed by atoms with Gasteiger partial charge in [-0.05, 0) is 28.1 Å². The van der Waals surface area contributed by atoms with E-state index in [1.807, 2.05) is 12.1 Å². The van der Waals surface area contributed by atoms with Gasteiger partial charge in [0.25, 0.3) is 0 Å². The molecule has 1 aromatic carbocycles. The van der Waals surface area contributed by atoms with Crippen LogP contribution in [-0.2, 0) is 9.53 Å². The first-order valence-corrected chi connectivity index (χ1v) is 5.70. The van der Waals surface area contributed by atoms with Crippen molar-refractivity contribution in [3.05, 3.63) is 22.7 Å². The number of halogens is 1. The van der Waals surface area contributed by atoms with E-state index >= 15 is 0 Å². The zero-order valence-electron chi connectivity index (χ0n) is 8.83. The molecule has 0 unspecified atom stereocenters. The minimum absolute atomic E-state index is 0.345. The lowest BCUT2D eigenvalue weighted by molar-refractivity contribution is -0.151. The van der Waals surface area contributed by atoms with Crippen molar-refractivity contribution >= 4 is 27.6 Å². The van der Waals surface area contributed by atoms with Crippen LogP contribution in [0.3, 0.4) is 0 Å². The number of carbonyl (C=O) groups is 1. The minimum Gasteiger partial charge on any atom is -0.472 e. The number of rotatable bonds is 3. The molecule has 0 aliphatic heterocycles. The van der Waals surface area contributed by atoms with Gasteiger partial charge in [-0.25, -0.2) is 4.79 Å². The number of para-hydroxylation sites is 1. The number of benzene rings is 1. The van der Waals surface area contributed by atoms with Crippen molar-refractivity contribution < 1.29 is 14.3 Å². The van der Waals surface area contributed by atoms with Crippen LogP contribution in [0, 0.1) is 0 Å². The molecule has 0 radical (unpaired) electrons. The molecule has 0 bridgehead atoms. The molecule has 0 amide bonds. The number of anilines is 1. The second-order valence-electron chi connectivity index (χ2n) is 3.75. The van der Waals surface area contributed by atoms with Crippen molar-refractivity contribution in [3.8, 4) is 5.75 Å². The van der Waals surface area contributed by atoms with Gasteiger partial charge in [0, 0.05) is 12.8 Å². The summed E-state index contributed by atoms with van der Waals surface area (Å²) < 4.78 is 11.1. The van der Waals surface area contributed by atoms with Crippen molar-refractivity contribution in [1.29, 1.82) is 0 Å². The fourth-order valence-corrected chi connectivity index (χ4v) is 1.94. The average Bonchev–Trinajstić information content (AvgIpc) is 3.04. The van der Waals surface area contributed by atoms with Gasteiger partial charge in [0.1, 0.15) is 0 Å². The van der Waals surface area contributed by atoms with E-state index in [-0.39, 0.29) is 5.97 Å². The normalized spacial score (nSPS) is 16.6. The predicted octanol–water partition coefficient (Wildman–Crippen LogP) is 2.12.